The average Bonchev–Trinajstić information content (AvgIpc) is 2.83. The molecule has 2 aromatic rings. The van der Waals surface area contributed by atoms with Gasteiger partial charge in [-0.2, -0.15) is 0 Å². The number of Topliss-reactive ketones (excluding diaryl/α,β-unsaturated/α-hetero) is 1. The van der Waals surface area contributed by atoms with E-state index in [-0.39, 0.29) is 30.1 Å². The van der Waals surface area contributed by atoms with Gasteiger partial charge in [0.1, 0.15) is 28.6 Å². The first kappa shape index (κ1) is 29.4. The summed E-state index contributed by atoms with van der Waals surface area (Å²) in [4.78, 5) is 38.1. The average molecular weight is 517 g/mol. The first-order valence-corrected chi connectivity index (χ1v) is 11.8. The minimum Gasteiger partial charge on any atom is -0.497 e. The summed E-state index contributed by atoms with van der Waals surface area (Å²) in [5.41, 5.74) is 0.488. The van der Waals surface area contributed by atoms with Crippen molar-refractivity contribution in [2.24, 2.45) is 4.99 Å². The summed E-state index contributed by atoms with van der Waals surface area (Å²) in [7, 11) is 1.58. The van der Waals surface area contributed by atoms with E-state index >= 15 is 0 Å². The second-order valence-electron chi connectivity index (χ2n) is 9.09. The molecule has 1 atom stereocenters. The number of hydrogen-bond donors (Lipinski definition) is 2. The van der Waals surface area contributed by atoms with E-state index in [4.69, 9.17) is 19.3 Å². The molecule has 0 saturated heterocycles. The zero-order chi connectivity index (χ0) is 27.6. The molecule has 0 radical (unpaired) electrons. The maximum Gasteiger partial charge on any atom is 0.320 e. The predicted molar refractivity (Wildman–Crippen MR) is 137 cm³/mol. The Hall–Kier alpha value is -3.79. The summed E-state index contributed by atoms with van der Waals surface area (Å²) >= 11 is 0. The van der Waals surface area contributed by atoms with E-state index in [9.17, 15) is 18.8 Å². The minimum absolute atomic E-state index is 0.00748. The van der Waals surface area contributed by atoms with Gasteiger partial charge in [0.05, 0.1) is 38.3 Å². The molecule has 37 heavy (non-hydrogen) atoms. The second-order valence-corrected chi connectivity index (χ2v) is 9.09. The van der Waals surface area contributed by atoms with E-state index in [1.54, 1.807) is 58.4 Å². The van der Waals surface area contributed by atoms with Gasteiger partial charge < -0.3 is 19.3 Å². The van der Waals surface area contributed by atoms with E-state index in [0.717, 1.165) is 12.0 Å². The van der Waals surface area contributed by atoms with Crippen LogP contribution in [0.15, 0.2) is 41.4 Å². The van der Waals surface area contributed by atoms with E-state index in [1.807, 2.05) is 6.92 Å². The Morgan fingerprint density at radius 3 is 2.35 bits per heavy atom. The van der Waals surface area contributed by atoms with Crippen molar-refractivity contribution in [2.45, 2.75) is 45.6 Å². The van der Waals surface area contributed by atoms with Crippen LogP contribution >= 0.6 is 0 Å². The molecule has 9 nitrogen and oxygen atoms in total. The van der Waals surface area contributed by atoms with Crippen molar-refractivity contribution in [3.05, 3.63) is 53.3 Å². The van der Waals surface area contributed by atoms with E-state index in [0.29, 0.717) is 18.1 Å². The van der Waals surface area contributed by atoms with Crippen LogP contribution in [0, 0.1) is 5.82 Å². The number of carboxylic acids is 1. The lowest BCUT2D eigenvalue weighted by atomic mass is 9.88. The Kier molecular flexibility index (Phi) is 10.7. The zero-order valence-electron chi connectivity index (χ0n) is 21.7. The van der Waals surface area contributed by atoms with Gasteiger partial charge in [-0.3, -0.25) is 24.7 Å². The third kappa shape index (κ3) is 8.98. The lowest BCUT2D eigenvalue weighted by Gasteiger charge is -2.20. The third-order valence-corrected chi connectivity index (χ3v) is 4.87. The molecular weight excluding hydrogens is 483 g/mol. The number of rotatable bonds is 9. The van der Waals surface area contributed by atoms with Crippen molar-refractivity contribution in [3.8, 4) is 11.5 Å². The molecular formula is C27H33FN2O7. The number of nitrogens with one attached hydrogen (secondary N) is 1. The SMILES string of the molecule is CC(C)(C)OC(=O)CNCC(=O)O.CCCOc1ccc(F)c2c1N=CC(c1ccc(OC)cc1)C2=O. The Balaban J connectivity index is 0.000000317. The largest absolute Gasteiger partial charge is 0.497 e. The van der Waals surface area contributed by atoms with Gasteiger partial charge in [-0.15, -0.1) is 0 Å². The van der Waals surface area contributed by atoms with Crippen LogP contribution in [-0.4, -0.2) is 61.5 Å². The van der Waals surface area contributed by atoms with E-state index < -0.39 is 29.3 Å². The van der Waals surface area contributed by atoms with Gasteiger partial charge >= 0.3 is 11.9 Å². The Labute approximate surface area is 215 Å². The molecule has 0 amide bonds. The van der Waals surface area contributed by atoms with Gasteiger partial charge in [-0.05, 0) is 57.0 Å². The van der Waals surface area contributed by atoms with E-state index in [2.05, 4.69) is 10.3 Å². The van der Waals surface area contributed by atoms with Gasteiger partial charge in [0, 0.05) is 6.21 Å². The number of methoxy groups -OCH3 is 1. The monoisotopic (exact) mass is 516 g/mol. The minimum atomic E-state index is -0.997. The fourth-order valence-electron chi connectivity index (χ4n) is 3.31. The van der Waals surface area contributed by atoms with Gasteiger partial charge in [0.15, 0.2) is 5.78 Å². The number of hydrogen-bond acceptors (Lipinski definition) is 8. The highest BCUT2D eigenvalue weighted by Gasteiger charge is 2.31. The number of benzene rings is 2. The maximum atomic E-state index is 14.3. The van der Waals surface area contributed by atoms with E-state index in [1.165, 1.54) is 12.1 Å². The number of halogens is 1. The van der Waals surface area contributed by atoms with Crippen molar-refractivity contribution in [3.63, 3.8) is 0 Å². The van der Waals surface area contributed by atoms with Crippen LogP contribution in [0.2, 0.25) is 0 Å². The fourth-order valence-corrected chi connectivity index (χ4v) is 3.31. The molecule has 1 aliphatic heterocycles. The van der Waals surface area contributed by atoms with Gasteiger partial charge in [-0.1, -0.05) is 19.1 Å². The van der Waals surface area contributed by atoms with Crippen molar-refractivity contribution in [1.29, 1.82) is 0 Å². The summed E-state index contributed by atoms with van der Waals surface area (Å²) < 4.78 is 29.9. The predicted octanol–water partition coefficient (Wildman–Crippen LogP) is 4.31. The van der Waals surface area contributed by atoms with Gasteiger partial charge in [-0.25, -0.2) is 4.39 Å². The van der Waals surface area contributed by atoms with Crippen LogP contribution in [0.3, 0.4) is 0 Å². The summed E-state index contributed by atoms with van der Waals surface area (Å²) in [5.74, 6) is -1.82. The number of fused-ring (bicyclic) bond motifs is 1. The molecule has 0 bridgehead atoms. The summed E-state index contributed by atoms with van der Waals surface area (Å²) in [6.45, 7) is 7.41. The molecule has 2 N–H and O–H groups in total. The van der Waals surface area contributed by atoms with Crippen LogP contribution in [0.25, 0.3) is 0 Å². The second kappa shape index (κ2) is 13.5. The number of carboxylic acid groups (broad SMARTS) is 1. The number of esters is 1. The van der Waals surface area contributed by atoms with Crippen molar-refractivity contribution < 1.29 is 38.1 Å². The molecule has 200 valence electrons. The molecule has 0 aromatic heterocycles. The summed E-state index contributed by atoms with van der Waals surface area (Å²) in [6, 6.07) is 9.88. The Morgan fingerprint density at radius 2 is 1.78 bits per heavy atom. The smallest absolute Gasteiger partial charge is 0.320 e. The van der Waals surface area contributed by atoms with Crippen LogP contribution in [-0.2, 0) is 14.3 Å². The number of carbonyl (C=O) groups is 3. The molecule has 1 heterocycles. The van der Waals surface area contributed by atoms with Crippen LogP contribution < -0.4 is 14.8 Å². The van der Waals surface area contributed by atoms with Crippen LogP contribution in [0.4, 0.5) is 10.1 Å². The molecule has 0 aliphatic carbocycles. The lowest BCUT2D eigenvalue weighted by Crippen LogP contribution is -2.33. The standard InChI is InChI=1S/C19H18FNO3.C8H15NO4/c1-3-10-24-16-9-8-15(20)17-18(16)21-11-14(19(17)22)12-4-6-13(23-2)7-5-12;1-8(2,3)13-7(12)5-9-4-6(10)11/h4-9,11,14H,3,10H2,1-2H3;9H,4-5H2,1-3H3,(H,10,11). The van der Waals surface area contributed by atoms with Gasteiger partial charge in [0.2, 0.25) is 0 Å². The fraction of sp³-hybridized carbons (Fsp3) is 0.407. The Morgan fingerprint density at radius 1 is 1.11 bits per heavy atom. The van der Waals surface area contributed by atoms with Gasteiger partial charge in [0.25, 0.3) is 0 Å². The number of ketones is 1. The highest BCUT2D eigenvalue weighted by Crippen LogP contribution is 2.39. The van der Waals surface area contributed by atoms with Crippen LogP contribution in [0.5, 0.6) is 11.5 Å². The number of ether oxygens (including phenoxy) is 3. The zero-order valence-corrected chi connectivity index (χ0v) is 21.7. The number of nitrogens with zero attached hydrogens (tertiary/aromatic N) is 1. The maximum absolute atomic E-state index is 14.3. The normalized spacial score (nSPS) is 14.2. The molecule has 1 aliphatic rings. The third-order valence-electron chi connectivity index (χ3n) is 4.87. The first-order chi connectivity index (χ1) is 17.5. The van der Waals surface area contributed by atoms with Crippen molar-refractivity contribution in [1.82, 2.24) is 5.32 Å². The summed E-state index contributed by atoms with van der Waals surface area (Å²) in [5, 5.41) is 10.7. The number of aliphatic carboxylic acids is 1. The molecule has 0 spiro atoms. The molecule has 0 saturated carbocycles. The first-order valence-electron chi connectivity index (χ1n) is 11.8. The van der Waals surface area contributed by atoms with Crippen molar-refractivity contribution >= 4 is 29.6 Å². The highest BCUT2D eigenvalue weighted by molar-refractivity contribution is 6.16. The van der Waals surface area contributed by atoms with Crippen molar-refractivity contribution in [2.75, 3.05) is 26.8 Å². The lowest BCUT2D eigenvalue weighted by molar-refractivity contribution is -0.153. The molecule has 2 aromatic carbocycles. The molecule has 1 unspecified atom stereocenters. The topological polar surface area (TPSA) is 124 Å². The Bertz CT molecular complexity index is 1120. The van der Waals surface area contributed by atoms with Crippen LogP contribution in [0.1, 0.15) is 56.0 Å². The number of carbonyl (C=O) groups excluding carboxylic acids is 2. The molecule has 3 rings (SSSR count). The summed E-state index contributed by atoms with van der Waals surface area (Å²) in [6.07, 6.45) is 2.36. The highest BCUT2D eigenvalue weighted by atomic mass is 19.1. The molecule has 0 fully saturated rings. The number of aliphatic imine (C=N–C) groups is 1. The molecule has 10 heteroatoms. The quantitative estimate of drug-likeness (QED) is 0.473.